The minimum Gasteiger partial charge on any atom is -0.324 e. The molecule has 1 heterocycles. The molecule has 2 atom stereocenters. The number of nitrogens with zero attached hydrogens (tertiary/aromatic N) is 3. The second-order valence-corrected chi connectivity index (χ2v) is 10.5. The minimum atomic E-state index is -0.193. The van der Waals surface area contributed by atoms with E-state index < -0.39 is 0 Å². The molecule has 7 heteroatoms. The van der Waals surface area contributed by atoms with Crippen molar-refractivity contribution in [2.45, 2.75) is 86.0 Å². The molecule has 2 rings (SSSR count). The Morgan fingerprint density at radius 3 is 2.05 bits per heavy atom. The average molecular weight is 513 g/mol. The first-order valence-electron chi connectivity index (χ1n) is 14.2. The molecule has 2 unspecified atom stereocenters. The largest absolute Gasteiger partial charge is 0.347 e. The highest BCUT2D eigenvalue weighted by atomic mass is 16.2. The van der Waals surface area contributed by atoms with E-state index >= 15 is 0 Å². The van der Waals surface area contributed by atoms with Gasteiger partial charge in [0.25, 0.3) is 0 Å². The van der Waals surface area contributed by atoms with Gasteiger partial charge < -0.3 is 15.5 Å². The summed E-state index contributed by atoms with van der Waals surface area (Å²) in [7, 11) is 3.69. The standard InChI is InChI=1S/C30H49N5O2/c1-8-12-14-24(10-3)21-35(22-25(11-4)15-13-9-2)30(37)32-27-20-26(17-16-23(27)5)31-28(36)29-33(6)18-19-34(29)7/h16-20,24-25H,8-15,21-22H2,1-7H3,(H-,31,32,36,37)/p+1. The maximum atomic E-state index is 13.6. The number of hydrogen-bond donors (Lipinski definition) is 2. The molecule has 0 aliphatic heterocycles. The molecule has 37 heavy (non-hydrogen) atoms. The zero-order chi connectivity index (χ0) is 27.4. The van der Waals surface area contributed by atoms with E-state index in [0.29, 0.717) is 23.3 Å². The molecule has 7 nitrogen and oxygen atoms in total. The van der Waals surface area contributed by atoms with Gasteiger partial charge in [0.15, 0.2) is 0 Å². The Balaban J connectivity index is 2.21. The number of amides is 3. The van der Waals surface area contributed by atoms with E-state index in [2.05, 4.69) is 38.3 Å². The lowest BCUT2D eigenvalue weighted by Gasteiger charge is -2.31. The number of urea groups is 1. The number of rotatable bonds is 15. The Morgan fingerprint density at radius 1 is 0.973 bits per heavy atom. The van der Waals surface area contributed by atoms with Gasteiger partial charge in [0, 0.05) is 24.5 Å². The van der Waals surface area contributed by atoms with Gasteiger partial charge in [-0.3, -0.25) is 4.79 Å². The van der Waals surface area contributed by atoms with Crippen molar-refractivity contribution in [3.8, 4) is 0 Å². The Kier molecular flexibility index (Phi) is 12.7. The summed E-state index contributed by atoms with van der Waals surface area (Å²) >= 11 is 0. The highest BCUT2D eigenvalue weighted by molar-refractivity contribution is 6.01. The molecule has 2 aromatic rings. The first kappa shape index (κ1) is 30.4. The van der Waals surface area contributed by atoms with Crippen molar-refractivity contribution in [1.29, 1.82) is 0 Å². The third-order valence-electron chi connectivity index (χ3n) is 7.45. The minimum absolute atomic E-state index is 0.0506. The van der Waals surface area contributed by atoms with Crippen LogP contribution in [0.15, 0.2) is 30.6 Å². The topological polar surface area (TPSA) is 70.2 Å². The number of nitrogens with one attached hydrogen (secondary N) is 2. The molecule has 3 amide bonds. The summed E-state index contributed by atoms with van der Waals surface area (Å²) in [6, 6.07) is 5.62. The Labute approximate surface area is 224 Å². The fourth-order valence-electron chi connectivity index (χ4n) is 4.82. The zero-order valence-electron chi connectivity index (χ0n) is 24.3. The van der Waals surface area contributed by atoms with E-state index in [1.165, 1.54) is 25.7 Å². The van der Waals surface area contributed by atoms with Crippen molar-refractivity contribution >= 4 is 23.3 Å². The SMILES string of the molecule is CCCCC(CC)CN(CC(CC)CCCC)C(=O)Nc1cc(NC(=O)c2n(C)cc[n+]2C)ccc1C. The van der Waals surface area contributed by atoms with Crippen molar-refractivity contribution in [1.82, 2.24) is 9.47 Å². The maximum absolute atomic E-state index is 13.6. The van der Waals surface area contributed by atoms with Crippen LogP contribution in [0.5, 0.6) is 0 Å². The van der Waals surface area contributed by atoms with E-state index in [4.69, 9.17) is 0 Å². The van der Waals surface area contributed by atoms with E-state index in [0.717, 1.165) is 50.0 Å². The van der Waals surface area contributed by atoms with Crippen LogP contribution in [0.2, 0.25) is 0 Å². The number of aryl methyl sites for hydroxylation is 3. The Hall–Kier alpha value is -2.83. The van der Waals surface area contributed by atoms with Gasteiger partial charge in [-0.1, -0.05) is 72.3 Å². The van der Waals surface area contributed by atoms with Crippen LogP contribution in [0, 0.1) is 18.8 Å². The highest BCUT2D eigenvalue weighted by Gasteiger charge is 2.23. The number of imidazole rings is 1. The molecule has 1 aromatic carbocycles. The summed E-state index contributed by atoms with van der Waals surface area (Å²) < 4.78 is 3.57. The third-order valence-corrected chi connectivity index (χ3v) is 7.45. The van der Waals surface area contributed by atoms with Crippen LogP contribution in [0.4, 0.5) is 16.2 Å². The molecule has 0 bridgehead atoms. The van der Waals surface area contributed by atoms with Crippen LogP contribution in [0.1, 0.15) is 95.2 Å². The molecule has 0 aliphatic carbocycles. The molecule has 1 aromatic heterocycles. The van der Waals surface area contributed by atoms with Gasteiger partial charge in [0.1, 0.15) is 12.4 Å². The summed E-state index contributed by atoms with van der Waals surface area (Å²) in [5, 5.41) is 6.16. The summed E-state index contributed by atoms with van der Waals surface area (Å²) in [4.78, 5) is 28.6. The summed E-state index contributed by atoms with van der Waals surface area (Å²) in [6.07, 6.45) is 12.9. The van der Waals surface area contributed by atoms with Crippen LogP contribution in [0.25, 0.3) is 0 Å². The second-order valence-electron chi connectivity index (χ2n) is 10.5. The van der Waals surface area contributed by atoms with Crippen LogP contribution in [0.3, 0.4) is 0 Å². The van der Waals surface area contributed by atoms with Crippen LogP contribution in [-0.2, 0) is 14.1 Å². The van der Waals surface area contributed by atoms with Gasteiger partial charge in [-0.25, -0.2) is 13.9 Å². The average Bonchev–Trinajstić information content (AvgIpc) is 3.22. The quantitative estimate of drug-likeness (QED) is 0.261. The monoisotopic (exact) mass is 512 g/mol. The Morgan fingerprint density at radius 2 is 1.57 bits per heavy atom. The van der Waals surface area contributed by atoms with Gasteiger partial charge in [0.05, 0.1) is 14.1 Å². The van der Waals surface area contributed by atoms with E-state index in [1.54, 1.807) is 9.13 Å². The molecule has 0 aliphatic rings. The molecule has 0 saturated carbocycles. The van der Waals surface area contributed by atoms with E-state index in [-0.39, 0.29) is 11.9 Å². The normalized spacial score (nSPS) is 12.7. The van der Waals surface area contributed by atoms with Gasteiger partial charge in [-0.15, -0.1) is 0 Å². The van der Waals surface area contributed by atoms with Crippen molar-refractivity contribution in [2.24, 2.45) is 25.9 Å². The zero-order valence-corrected chi connectivity index (χ0v) is 24.3. The lowest BCUT2D eigenvalue weighted by Crippen LogP contribution is -2.41. The lowest BCUT2D eigenvalue weighted by molar-refractivity contribution is -0.672. The van der Waals surface area contributed by atoms with Crippen molar-refractivity contribution in [3.05, 3.63) is 42.0 Å². The number of unbranched alkanes of at least 4 members (excludes halogenated alkanes) is 2. The van der Waals surface area contributed by atoms with E-state index in [9.17, 15) is 9.59 Å². The van der Waals surface area contributed by atoms with Crippen LogP contribution in [-0.4, -0.2) is 34.5 Å². The highest BCUT2D eigenvalue weighted by Crippen LogP contribution is 2.23. The predicted octanol–water partition coefficient (Wildman–Crippen LogP) is 6.68. The summed E-state index contributed by atoms with van der Waals surface area (Å²) in [6.45, 7) is 12.5. The number of carbonyl (C=O) groups is 2. The fourth-order valence-corrected chi connectivity index (χ4v) is 4.82. The van der Waals surface area contributed by atoms with Crippen molar-refractivity contribution in [2.75, 3.05) is 23.7 Å². The molecular weight excluding hydrogens is 462 g/mol. The molecule has 206 valence electrons. The molecular formula is C30H50N5O2+. The number of carbonyl (C=O) groups excluding carboxylic acids is 2. The van der Waals surface area contributed by atoms with E-state index in [1.807, 2.05) is 56.5 Å². The second kappa shape index (κ2) is 15.4. The molecule has 0 fully saturated rings. The molecule has 0 saturated heterocycles. The predicted molar refractivity (Wildman–Crippen MR) is 153 cm³/mol. The van der Waals surface area contributed by atoms with Gasteiger partial charge in [-0.05, 0) is 49.3 Å². The number of anilines is 2. The first-order valence-corrected chi connectivity index (χ1v) is 14.2. The summed E-state index contributed by atoms with van der Waals surface area (Å²) in [5.41, 5.74) is 2.35. The Bertz CT molecular complexity index is 962. The van der Waals surface area contributed by atoms with Crippen molar-refractivity contribution < 1.29 is 14.2 Å². The van der Waals surface area contributed by atoms with Gasteiger partial charge >= 0.3 is 17.8 Å². The van der Waals surface area contributed by atoms with Crippen LogP contribution < -0.4 is 15.2 Å². The molecule has 0 radical (unpaired) electrons. The number of aromatic nitrogens is 2. The maximum Gasteiger partial charge on any atom is 0.347 e. The number of hydrogen-bond acceptors (Lipinski definition) is 2. The fraction of sp³-hybridized carbons (Fsp3) is 0.633. The van der Waals surface area contributed by atoms with Gasteiger partial charge in [-0.2, -0.15) is 0 Å². The number of benzene rings is 1. The molecule has 0 spiro atoms. The summed E-state index contributed by atoms with van der Waals surface area (Å²) in [5.74, 6) is 1.37. The first-order chi connectivity index (χ1) is 17.7. The smallest absolute Gasteiger partial charge is 0.324 e. The lowest BCUT2D eigenvalue weighted by atomic mass is 9.96. The van der Waals surface area contributed by atoms with Crippen LogP contribution >= 0.6 is 0 Å². The third kappa shape index (κ3) is 9.20. The van der Waals surface area contributed by atoms with Crippen molar-refractivity contribution in [3.63, 3.8) is 0 Å². The molecule has 2 N–H and O–H groups in total. The van der Waals surface area contributed by atoms with Gasteiger partial charge in [0.2, 0.25) is 0 Å².